The number of guanidine groups is 1. The van der Waals surface area contributed by atoms with Gasteiger partial charge in [-0.1, -0.05) is 6.07 Å². The van der Waals surface area contributed by atoms with Crippen LogP contribution in [-0.4, -0.2) is 52.5 Å². The number of hydrogen-bond acceptors (Lipinski definition) is 5. The first-order valence-electron chi connectivity index (χ1n) is 7.84. The zero-order chi connectivity index (χ0) is 17.9. The van der Waals surface area contributed by atoms with Crippen molar-refractivity contribution in [3.05, 3.63) is 29.3 Å². The SMILES string of the molecule is CCNC(=NCc1ccc(OC)c(C(=O)OC)c1)NC(C)COC.I. The number of halogens is 1. The Morgan fingerprint density at radius 1 is 1.28 bits per heavy atom. The minimum absolute atomic E-state index is 0. The van der Waals surface area contributed by atoms with Crippen molar-refractivity contribution in [2.75, 3.05) is 34.5 Å². The number of methoxy groups -OCH3 is 3. The molecular weight excluding hydrogens is 437 g/mol. The summed E-state index contributed by atoms with van der Waals surface area (Å²) in [6.07, 6.45) is 0. The number of carbonyl (C=O) groups is 1. The summed E-state index contributed by atoms with van der Waals surface area (Å²) < 4.78 is 15.1. The molecule has 7 nitrogen and oxygen atoms in total. The monoisotopic (exact) mass is 465 g/mol. The van der Waals surface area contributed by atoms with Crippen molar-refractivity contribution in [1.29, 1.82) is 0 Å². The molecule has 0 heterocycles. The molecule has 1 rings (SSSR count). The van der Waals surface area contributed by atoms with Gasteiger partial charge in [0.15, 0.2) is 5.96 Å². The second-order valence-corrected chi connectivity index (χ2v) is 5.22. The Kier molecular flexibility index (Phi) is 12.0. The molecule has 0 aliphatic rings. The number of rotatable bonds is 8. The van der Waals surface area contributed by atoms with Crippen molar-refractivity contribution in [1.82, 2.24) is 10.6 Å². The summed E-state index contributed by atoms with van der Waals surface area (Å²) in [5, 5.41) is 6.44. The zero-order valence-electron chi connectivity index (χ0n) is 15.4. The molecule has 0 radical (unpaired) electrons. The van der Waals surface area contributed by atoms with Crippen LogP contribution in [0.3, 0.4) is 0 Å². The molecule has 25 heavy (non-hydrogen) atoms. The molecule has 2 N–H and O–H groups in total. The van der Waals surface area contributed by atoms with Crippen molar-refractivity contribution in [2.24, 2.45) is 4.99 Å². The second kappa shape index (κ2) is 12.8. The van der Waals surface area contributed by atoms with Crippen LogP contribution < -0.4 is 15.4 Å². The average Bonchev–Trinajstić information content (AvgIpc) is 2.59. The summed E-state index contributed by atoms with van der Waals surface area (Å²) in [5.74, 6) is 0.738. The van der Waals surface area contributed by atoms with E-state index in [-0.39, 0.29) is 30.0 Å². The lowest BCUT2D eigenvalue weighted by Crippen LogP contribution is -2.43. The van der Waals surface area contributed by atoms with Crippen molar-refractivity contribution in [2.45, 2.75) is 26.4 Å². The van der Waals surface area contributed by atoms with E-state index in [9.17, 15) is 4.79 Å². The van der Waals surface area contributed by atoms with Crippen molar-refractivity contribution in [3.63, 3.8) is 0 Å². The molecule has 1 aromatic carbocycles. The third-order valence-electron chi connectivity index (χ3n) is 3.23. The smallest absolute Gasteiger partial charge is 0.341 e. The van der Waals surface area contributed by atoms with Crippen molar-refractivity contribution < 1.29 is 19.0 Å². The van der Waals surface area contributed by atoms with Gasteiger partial charge in [-0.2, -0.15) is 0 Å². The van der Waals surface area contributed by atoms with E-state index in [2.05, 4.69) is 15.6 Å². The Hall–Kier alpha value is -1.55. The number of benzene rings is 1. The van der Waals surface area contributed by atoms with Crippen LogP contribution in [0.4, 0.5) is 0 Å². The topological polar surface area (TPSA) is 81.2 Å². The fourth-order valence-electron chi connectivity index (χ4n) is 2.14. The molecule has 0 aliphatic carbocycles. The van der Waals surface area contributed by atoms with E-state index >= 15 is 0 Å². The summed E-state index contributed by atoms with van der Waals surface area (Å²) >= 11 is 0. The van der Waals surface area contributed by atoms with Gasteiger partial charge in [0, 0.05) is 19.7 Å². The molecule has 0 aliphatic heterocycles. The first-order valence-corrected chi connectivity index (χ1v) is 7.84. The summed E-state index contributed by atoms with van der Waals surface area (Å²) in [6.45, 7) is 5.77. The number of nitrogens with one attached hydrogen (secondary N) is 2. The minimum Gasteiger partial charge on any atom is -0.496 e. The fourth-order valence-corrected chi connectivity index (χ4v) is 2.14. The fraction of sp³-hybridized carbons (Fsp3) is 0.529. The average molecular weight is 465 g/mol. The Bertz CT molecular complexity index is 567. The molecule has 8 heteroatoms. The molecule has 0 saturated carbocycles. The van der Waals surface area contributed by atoms with Gasteiger partial charge < -0.3 is 24.8 Å². The van der Waals surface area contributed by atoms with Crippen LogP contribution in [0.2, 0.25) is 0 Å². The number of hydrogen-bond donors (Lipinski definition) is 2. The third kappa shape index (κ3) is 7.91. The van der Waals surface area contributed by atoms with Gasteiger partial charge in [0.05, 0.1) is 27.4 Å². The summed E-state index contributed by atoms with van der Waals surface area (Å²) in [4.78, 5) is 16.4. The van der Waals surface area contributed by atoms with Crippen molar-refractivity contribution >= 4 is 35.9 Å². The molecule has 1 unspecified atom stereocenters. The van der Waals surface area contributed by atoms with E-state index in [1.165, 1.54) is 14.2 Å². The first kappa shape index (κ1) is 23.4. The van der Waals surface area contributed by atoms with Gasteiger partial charge >= 0.3 is 5.97 Å². The molecule has 0 spiro atoms. The molecule has 1 aromatic rings. The number of ether oxygens (including phenoxy) is 3. The lowest BCUT2D eigenvalue weighted by atomic mass is 10.1. The van der Waals surface area contributed by atoms with E-state index in [4.69, 9.17) is 14.2 Å². The molecule has 0 saturated heterocycles. The van der Waals surface area contributed by atoms with Gasteiger partial charge in [0.2, 0.25) is 0 Å². The Morgan fingerprint density at radius 2 is 2.00 bits per heavy atom. The van der Waals surface area contributed by atoms with Crippen LogP contribution >= 0.6 is 24.0 Å². The predicted molar refractivity (Wildman–Crippen MR) is 109 cm³/mol. The number of carbonyl (C=O) groups excluding carboxylic acids is 1. The molecule has 1 atom stereocenters. The third-order valence-corrected chi connectivity index (χ3v) is 3.23. The molecule has 0 amide bonds. The van der Waals surface area contributed by atoms with Crippen LogP contribution in [0.25, 0.3) is 0 Å². The number of nitrogens with zero attached hydrogens (tertiary/aromatic N) is 1. The molecule has 0 fully saturated rings. The Balaban J connectivity index is 0.00000576. The lowest BCUT2D eigenvalue weighted by Gasteiger charge is -2.17. The number of esters is 1. The first-order chi connectivity index (χ1) is 11.5. The molecule has 142 valence electrons. The second-order valence-electron chi connectivity index (χ2n) is 5.22. The maximum Gasteiger partial charge on any atom is 0.341 e. The highest BCUT2D eigenvalue weighted by Gasteiger charge is 2.13. The van der Waals surface area contributed by atoms with Gasteiger partial charge in [-0.15, -0.1) is 24.0 Å². The zero-order valence-corrected chi connectivity index (χ0v) is 17.7. The molecule has 0 aromatic heterocycles. The summed E-state index contributed by atoms with van der Waals surface area (Å²) in [7, 11) is 4.52. The highest BCUT2D eigenvalue weighted by molar-refractivity contribution is 14.0. The number of aliphatic imine (C=N–C) groups is 1. The van der Waals surface area contributed by atoms with E-state index in [1.54, 1.807) is 19.2 Å². The van der Waals surface area contributed by atoms with Gasteiger partial charge in [-0.25, -0.2) is 9.79 Å². The lowest BCUT2D eigenvalue weighted by molar-refractivity contribution is 0.0597. The van der Waals surface area contributed by atoms with Crippen molar-refractivity contribution in [3.8, 4) is 5.75 Å². The maximum atomic E-state index is 11.8. The molecular formula is C17H28IN3O4. The quantitative estimate of drug-likeness (QED) is 0.265. The van der Waals surface area contributed by atoms with E-state index in [1.807, 2.05) is 19.9 Å². The molecule has 0 bridgehead atoms. The van der Waals surface area contributed by atoms with E-state index < -0.39 is 5.97 Å². The van der Waals surface area contributed by atoms with Gasteiger partial charge in [-0.3, -0.25) is 0 Å². The van der Waals surface area contributed by atoms with Gasteiger partial charge in [0.25, 0.3) is 0 Å². The van der Waals surface area contributed by atoms with E-state index in [0.717, 1.165) is 12.1 Å². The van der Waals surface area contributed by atoms with Crippen LogP contribution in [0.1, 0.15) is 29.8 Å². The van der Waals surface area contributed by atoms with E-state index in [0.29, 0.717) is 30.4 Å². The minimum atomic E-state index is -0.434. The Morgan fingerprint density at radius 3 is 2.56 bits per heavy atom. The largest absolute Gasteiger partial charge is 0.496 e. The van der Waals surface area contributed by atoms with Crippen LogP contribution in [-0.2, 0) is 16.0 Å². The normalized spacial score (nSPS) is 12.0. The Labute approximate surface area is 166 Å². The highest BCUT2D eigenvalue weighted by Crippen LogP contribution is 2.21. The van der Waals surface area contributed by atoms with Gasteiger partial charge in [-0.05, 0) is 31.5 Å². The highest BCUT2D eigenvalue weighted by atomic mass is 127. The standard InChI is InChI=1S/C17H27N3O4.HI/c1-6-18-17(20-12(2)11-22-3)19-10-13-7-8-15(23-4)14(9-13)16(21)24-5;/h7-9,12H,6,10-11H2,1-5H3,(H2,18,19,20);1H. The maximum absolute atomic E-state index is 11.8. The summed E-state index contributed by atoms with van der Waals surface area (Å²) in [5.41, 5.74) is 1.27. The van der Waals surface area contributed by atoms with Crippen LogP contribution in [0, 0.1) is 0 Å². The summed E-state index contributed by atoms with van der Waals surface area (Å²) in [6, 6.07) is 5.48. The van der Waals surface area contributed by atoms with Crippen LogP contribution in [0.15, 0.2) is 23.2 Å². The predicted octanol–water partition coefficient (Wildman–Crippen LogP) is 2.19. The van der Waals surface area contributed by atoms with Crippen LogP contribution in [0.5, 0.6) is 5.75 Å². The van der Waals surface area contributed by atoms with Gasteiger partial charge in [0.1, 0.15) is 11.3 Å².